The molecule has 0 unspecified atom stereocenters. The van der Waals surface area contributed by atoms with Gasteiger partial charge in [0.1, 0.15) is 17.2 Å². The van der Waals surface area contributed by atoms with E-state index >= 15 is 0 Å². The number of hydrogen-bond acceptors (Lipinski definition) is 8. The number of hydrogen-bond donors (Lipinski definition) is 4. The molecule has 1 saturated carbocycles. The van der Waals surface area contributed by atoms with E-state index < -0.39 is 17.7 Å². The van der Waals surface area contributed by atoms with Crippen molar-refractivity contribution in [1.82, 2.24) is 19.5 Å². The van der Waals surface area contributed by atoms with E-state index in [0.29, 0.717) is 43.5 Å². The number of carbonyl (C=O) groups excluding carboxylic acids is 1. The molecule has 1 aliphatic carbocycles. The molecule has 3 aromatic rings. The van der Waals surface area contributed by atoms with Crippen molar-refractivity contribution in [3.8, 4) is 0 Å². The maximum Gasteiger partial charge on any atom is 0.225 e. The van der Waals surface area contributed by atoms with Crippen LogP contribution < -0.4 is 16.4 Å². The second kappa shape index (κ2) is 9.51. The minimum Gasteiger partial charge on any atom is -0.388 e. The maximum atomic E-state index is 14.5. The van der Waals surface area contributed by atoms with E-state index in [0.717, 1.165) is 12.1 Å². The first-order valence-electron chi connectivity index (χ1n) is 11.3. The van der Waals surface area contributed by atoms with Crippen LogP contribution in [-0.4, -0.2) is 55.9 Å². The van der Waals surface area contributed by atoms with Gasteiger partial charge in [0.25, 0.3) is 0 Å². The lowest BCUT2D eigenvalue weighted by Gasteiger charge is -2.29. The molecule has 0 radical (unpaired) electrons. The third-order valence-electron chi connectivity index (χ3n) is 6.52. The van der Waals surface area contributed by atoms with Crippen LogP contribution >= 0.6 is 11.6 Å². The van der Waals surface area contributed by atoms with E-state index in [9.17, 15) is 18.7 Å². The summed E-state index contributed by atoms with van der Waals surface area (Å²) in [6.45, 7) is 0.533. The Morgan fingerprint density at radius 3 is 2.63 bits per heavy atom. The second-order valence-electron chi connectivity index (χ2n) is 8.84. The Kier molecular flexibility index (Phi) is 6.43. The van der Waals surface area contributed by atoms with Crippen LogP contribution in [0.15, 0.2) is 18.3 Å². The number of nitrogens with one attached hydrogen (secondary N) is 2. The summed E-state index contributed by atoms with van der Waals surface area (Å²) in [5, 5.41) is 15.7. The van der Waals surface area contributed by atoms with Gasteiger partial charge < -0.3 is 26.2 Å². The number of ether oxygens (including phenoxy) is 1. The topological polar surface area (TPSA) is 140 Å². The first-order chi connectivity index (χ1) is 16.8. The number of nitrogens with two attached hydrogens (primary N) is 1. The van der Waals surface area contributed by atoms with Crippen LogP contribution in [0.2, 0.25) is 5.02 Å². The highest BCUT2D eigenvalue weighted by atomic mass is 35.5. The van der Waals surface area contributed by atoms with Gasteiger partial charge in [-0.3, -0.25) is 9.36 Å². The van der Waals surface area contributed by atoms with Gasteiger partial charge in [0, 0.05) is 18.0 Å². The van der Waals surface area contributed by atoms with Crippen LogP contribution in [0, 0.1) is 17.6 Å². The lowest BCUT2D eigenvalue weighted by atomic mass is 9.85. The minimum absolute atomic E-state index is 0.124. The van der Waals surface area contributed by atoms with Gasteiger partial charge in [-0.2, -0.15) is 4.98 Å². The summed E-state index contributed by atoms with van der Waals surface area (Å²) in [5.41, 5.74) is 6.26. The molecule has 1 aromatic carbocycles. The molecule has 35 heavy (non-hydrogen) atoms. The predicted octanol–water partition coefficient (Wildman–Crippen LogP) is 2.89. The van der Waals surface area contributed by atoms with E-state index in [1.165, 1.54) is 6.20 Å². The summed E-state index contributed by atoms with van der Waals surface area (Å²) in [5.74, 6) is -1.54. The number of amides is 1. The highest BCUT2D eigenvalue weighted by Gasteiger charge is 2.30. The fourth-order valence-electron chi connectivity index (χ4n) is 4.60. The number of carbonyl (C=O) groups is 1. The van der Waals surface area contributed by atoms with Gasteiger partial charge in [0.15, 0.2) is 5.65 Å². The average Bonchev–Trinajstić information content (AvgIpc) is 3.40. The number of aliphatic hydroxyl groups excluding tert-OH is 1. The third-order valence-corrected chi connectivity index (χ3v) is 6.81. The summed E-state index contributed by atoms with van der Waals surface area (Å²) in [7, 11) is 0. The van der Waals surface area contributed by atoms with Crippen LogP contribution in [0.1, 0.15) is 31.7 Å². The largest absolute Gasteiger partial charge is 0.388 e. The van der Waals surface area contributed by atoms with Gasteiger partial charge in [-0.15, -0.1) is 0 Å². The summed E-state index contributed by atoms with van der Waals surface area (Å²) in [6.07, 6.45) is 3.24. The van der Waals surface area contributed by atoms with Gasteiger partial charge in [-0.1, -0.05) is 11.6 Å². The molecule has 5 N–H and O–H groups in total. The molecule has 2 atom stereocenters. The number of halogens is 3. The molecule has 2 fully saturated rings. The molecule has 0 bridgehead atoms. The molecular formula is C22H24ClF2N7O3. The minimum atomic E-state index is -0.774. The summed E-state index contributed by atoms with van der Waals surface area (Å²) >= 11 is 5.69. The Balaban J connectivity index is 1.53. The smallest absolute Gasteiger partial charge is 0.225 e. The van der Waals surface area contributed by atoms with Crippen molar-refractivity contribution in [2.75, 3.05) is 23.8 Å². The maximum absolute atomic E-state index is 14.5. The van der Waals surface area contributed by atoms with Crippen molar-refractivity contribution in [2.24, 2.45) is 11.7 Å². The quantitative estimate of drug-likeness (QED) is 0.373. The molecule has 2 aliphatic rings. The van der Waals surface area contributed by atoms with E-state index in [2.05, 4.69) is 25.6 Å². The highest BCUT2D eigenvalue weighted by molar-refractivity contribution is 6.30. The zero-order chi connectivity index (χ0) is 24.7. The van der Waals surface area contributed by atoms with Crippen LogP contribution in [0.4, 0.5) is 26.4 Å². The Hall–Kier alpha value is -3.09. The molecule has 5 rings (SSSR count). The number of aliphatic hydroxyl groups is 1. The first-order valence-corrected chi connectivity index (χ1v) is 11.7. The number of rotatable bonds is 6. The van der Waals surface area contributed by atoms with Gasteiger partial charge in [-0.05, 0) is 31.7 Å². The summed E-state index contributed by atoms with van der Waals surface area (Å²) in [6, 6.07) is 1.37. The fraction of sp³-hybridized carbons (Fsp3) is 0.455. The first kappa shape index (κ1) is 23.6. The van der Waals surface area contributed by atoms with Crippen molar-refractivity contribution in [3.05, 3.63) is 35.0 Å². The Morgan fingerprint density at radius 1 is 1.17 bits per heavy atom. The molecule has 1 aliphatic heterocycles. The number of imidazole rings is 1. The van der Waals surface area contributed by atoms with Gasteiger partial charge >= 0.3 is 0 Å². The van der Waals surface area contributed by atoms with Crippen molar-refractivity contribution < 1.29 is 23.4 Å². The molecule has 10 nitrogen and oxygen atoms in total. The van der Waals surface area contributed by atoms with Crippen molar-refractivity contribution in [2.45, 2.75) is 43.9 Å². The molecule has 186 valence electrons. The standard InChI is InChI=1S/C22H24ClF2N7O3/c23-12-5-14(25)15(6-13(12)24)29-22-30-16-7-27-21(28-17-8-35-9-18(17)33)31-20(16)32(22)11-3-1-10(2-4-11)19(26)34/h5-7,10-11,17-18,33H,1-4,8-9H2,(H2,26,34)(H,29,30)(H,27,28,31)/t10?,11?,17-,18+/m0/s1. The fourth-order valence-corrected chi connectivity index (χ4v) is 4.75. The summed E-state index contributed by atoms with van der Waals surface area (Å²) in [4.78, 5) is 25.1. The lowest BCUT2D eigenvalue weighted by molar-refractivity contribution is -0.122. The zero-order valence-electron chi connectivity index (χ0n) is 18.5. The average molecular weight is 508 g/mol. The molecule has 2 aromatic heterocycles. The number of aromatic nitrogens is 4. The summed E-state index contributed by atoms with van der Waals surface area (Å²) < 4.78 is 35.7. The van der Waals surface area contributed by atoms with Crippen molar-refractivity contribution in [1.29, 1.82) is 0 Å². The van der Waals surface area contributed by atoms with E-state index in [1.54, 1.807) is 0 Å². The van der Waals surface area contributed by atoms with E-state index in [4.69, 9.17) is 22.1 Å². The predicted molar refractivity (Wildman–Crippen MR) is 124 cm³/mol. The van der Waals surface area contributed by atoms with E-state index in [-0.39, 0.29) is 53.1 Å². The van der Waals surface area contributed by atoms with E-state index in [1.807, 2.05) is 4.57 Å². The number of benzene rings is 1. The molecule has 13 heteroatoms. The number of fused-ring (bicyclic) bond motifs is 1. The van der Waals surface area contributed by atoms with Crippen molar-refractivity contribution >= 4 is 46.3 Å². The Morgan fingerprint density at radius 2 is 1.94 bits per heavy atom. The third kappa shape index (κ3) is 4.73. The zero-order valence-corrected chi connectivity index (χ0v) is 19.3. The lowest BCUT2D eigenvalue weighted by Crippen LogP contribution is -2.32. The molecular weight excluding hydrogens is 484 g/mol. The molecule has 1 saturated heterocycles. The Labute approximate surface area is 203 Å². The second-order valence-corrected chi connectivity index (χ2v) is 9.25. The van der Waals surface area contributed by atoms with Crippen LogP contribution in [0.3, 0.4) is 0 Å². The molecule has 3 heterocycles. The SMILES string of the molecule is NC(=O)C1CCC(n2c(Nc3cc(F)c(Cl)cc3F)nc3cnc(N[C@H]4COC[C@H]4O)nc32)CC1. The van der Waals surface area contributed by atoms with Gasteiger partial charge in [0.2, 0.25) is 17.8 Å². The molecule has 0 spiro atoms. The van der Waals surface area contributed by atoms with Gasteiger partial charge in [-0.25, -0.2) is 18.7 Å². The number of nitrogens with zero attached hydrogens (tertiary/aromatic N) is 4. The molecule has 1 amide bonds. The van der Waals surface area contributed by atoms with Gasteiger partial charge in [0.05, 0.1) is 42.3 Å². The normalized spacial score (nSPS) is 24.6. The number of anilines is 3. The highest BCUT2D eigenvalue weighted by Crippen LogP contribution is 2.37. The van der Waals surface area contributed by atoms with Crippen molar-refractivity contribution in [3.63, 3.8) is 0 Å². The Bertz CT molecular complexity index is 1270. The number of primary amides is 1. The monoisotopic (exact) mass is 507 g/mol. The van der Waals surface area contributed by atoms with Crippen LogP contribution in [-0.2, 0) is 9.53 Å². The van der Waals surface area contributed by atoms with Crippen LogP contribution in [0.5, 0.6) is 0 Å². The van der Waals surface area contributed by atoms with Crippen LogP contribution in [0.25, 0.3) is 11.2 Å².